The number of fused-ring (bicyclic) bond motifs is 1. The number of hydrogen-bond acceptors (Lipinski definition) is 3. The second-order valence-corrected chi connectivity index (χ2v) is 5.89. The lowest BCUT2D eigenvalue weighted by molar-refractivity contribution is 0.0975. The minimum atomic E-state index is -0.289. The molecule has 0 fully saturated rings. The molecule has 2 heterocycles. The molecule has 2 aromatic carbocycles. The molecule has 1 amide bonds. The van der Waals surface area contributed by atoms with Crippen LogP contribution >= 0.6 is 0 Å². The zero-order valence-corrected chi connectivity index (χ0v) is 13.3. The highest BCUT2D eigenvalue weighted by Gasteiger charge is 2.34. The van der Waals surface area contributed by atoms with Crippen LogP contribution in [0.25, 0.3) is 0 Å². The predicted molar refractivity (Wildman–Crippen MR) is 95.0 cm³/mol. The number of aryl methyl sites for hydroxylation is 1. The summed E-state index contributed by atoms with van der Waals surface area (Å²) in [5.74, 6) is -0.0104. The van der Waals surface area contributed by atoms with E-state index < -0.39 is 0 Å². The number of rotatable bonds is 2. The van der Waals surface area contributed by atoms with Gasteiger partial charge in [0.15, 0.2) is 0 Å². The number of benzene rings is 2. The molecule has 0 radical (unpaired) electrons. The number of amides is 1. The van der Waals surface area contributed by atoms with Crippen LogP contribution < -0.4 is 10.2 Å². The fraction of sp³-hybridized carbons (Fsp3) is 0.100. The van der Waals surface area contributed by atoms with Crippen molar-refractivity contribution in [1.82, 2.24) is 4.98 Å². The molecule has 1 aromatic heterocycles. The summed E-state index contributed by atoms with van der Waals surface area (Å²) in [5, 5.41) is 3.48. The normalized spacial score (nSPS) is 16.5. The van der Waals surface area contributed by atoms with E-state index in [4.69, 9.17) is 0 Å². The Morgan fingerprint density at radius 2 is 1.92 bits per heavy atom. The number of anilines is 2. The number of carbonyl (C=O) groups excluding carboxylic acids is 1. The Morgan fingerprint density at radius 3 is 2.71 bits per heavy atom. The Balaban J connectivity index is 1.88. The van der Waals surface area contributed by atoms with Crippen LogP contribution in [0.5, 0.6) is 0 Å². The van der Waals surface area contributed by atoms with Crippen molar-refractivity contribution in [3.8, 4) is 0 Å². The van der Waals surface area contributed by atoms with Crippen molar-refractivity contribution in [3.63, 3.8) is 0 Å². The first kappa shape index (κ1) is 14.5. The van der Waals surface area contributed by atoms with Gasteiger partial charge in [0.2, 0.25) is 0 Å². The summed E-state index contributed by atoms with van der Waals surface area (Å²) in [6.07, 6.45) is 3.24. The smallest absolute Gasteiger partial charge is 0.262 e. The summed E-state index contributed by atoms with van der Waals surface area (Å²) in [6, 6.07) is 19.5. The van der Waals surface area contributed by atoms with Crippen LogP contribution in [0.15, 0.2) is 73.1 Å². The summed E-state index contributed by atoms with van der Waals surface area (Å²) in [4.78, 5) is 19.2. The highest BCUT2D eigenvalue weighted by Crippen LogP contribution is 2.36. The van der Waals surface area contributed by atoms with Gasteiger partial charge in [0, 0.05) is 29.3 Å². The minimum Gasteiger partial charge on any atom is -0.360 e. The molecule has 0 saturated carbocycles. The number of hydrogen-bond donors (Lipinski definition) is 1. The molecule has 118 valence electrons. The quantitative estimate of drug-likeness (QED) is 0.772. The zero-order chi connectivity index (χ0) is 16.5. The number of aromatic nitrogens is 1. The van der Waals surface area contributed by atoms with Gasteiger partial charge in [-0.1, -0.05) is 30.3 Å². The Labute approximate surface area is 140 Å². The molecule has 3 aromatic rings. The molecule has 4 rings (SSSR count). The highest BCUT2D eigenvalue weighted by molar-refractivity contribution is 6.12. The summed E-state index contributed by atoms with van der Waals surface area (Å²) in [5.41, 5.74) is 4.46. The number of para-hydroxylation sites is 1. The van der Waals surface area contributed by atoms with Gasteiger partial charge in [0.1, 0.15) is 6.17 Å². The first-order valence-corrected chi connectivity index (χ1v) is 7.90. The second kappa shape index (κ2) is 5.81. The maximum Gasteiger partial charge on any atom is 0.262 e. The molecular weight excluding hydrogens is 298 g/mol. The van der Waals surface area contributed by atoms with E-state index in [9.17, 15) is 4.79 Å². The summed E-state index contributed by atoms with van der Waals surface area (Å²) < 4.78 is 0. The Hall–Kier alpha value is -3.14. The topological polar surface area (TPSA) is 45.2 Å². The molecule has 1 aliphatic heterocycles. The van der Waals surface area contributed by atoms with Gasteiger partial charge < -0.3 is 5.32 Å². The number of carbonyl (C=O) groups is 1. The summed E-state index contributed by atoms with van der Waals surface area (Å²) in [7, 11) is 0. The highest BCUT2D eigenvalue weighted by atomic mass is 16.2. The van der Waals surface area contributed by atoms with Gasteiger partial charge in [-0.3, -0.25) is 14.7 Å². The molecule has 1 aliphatic rings. The average Bonchev–Trinajstić information content (AvgIpc) is 2.62. The molecule has 1 atom stereocenters. The van der Waals surface area contributed by atoms with Gasteiger partial charge in [0.25, 0.3) is 5.91 Å². The van der Waals surface area contributed by atoms with Crippen molar-refractivity contribution in [1.29, 1.82) is 0 Å². The lowest BCUT2D eigenvalue weighted by Crippen LogP contribution is -2.43. The Bertz CT molecular complexity index is 892. The van der Waals surface area contributed by atoms with Gasteiger partial charge in [-0.2, -0.15) is 0 Å². The molecule has 0 spiro atoms. The Kier molecular flexibility index (Phi) is 3.50. The van der Waals surface area contributed by atoms with E-state index >= 15 is 0 Å². The summed E-state index contributed by atoms with van der Waals surface area (Å²) >= 11 is 0. The van der Waals surface area contributed by atoms with Crippen molar-refractivity contribution < 1.29 is 4.79 Å². The van der Waals surface area contributed by atoms with Crippen molar-refractivity contribution in [3.05, 3.63) is 89.7 Å². The lowest BCUT2D eigenvalue weighted by Gasteiger charge is -2.38. The van der Waals surface area contributed by atoms with Crippen LogP contribution in [-0.4, -0.2) is 10.9 Å². The van der Waals surface area contributed by atoms with Gasteiger partial charge in [-0.25, -0.2) is 0 Å². The number of pyridine rings is 1. The van der Waals surface area contributed by atoms with Crippen LogP contribution in [-0.2, 0) is 0 Å². The van der Waals surface area contributed by atoms with Crippen LogP contribution in [0.1, 0.15) is 27.7 Å². The SMILES string of the molecule is Cc1cccc(N2C(=O)c3ccccc3N[C@@H]2c2cccnc2)c1. The Morgan fingerprint density at radius 1 is 1.04 bits per heavy atom. The van der Waals surface area contributed by atoms with Gasteiger partial charge in [-0.15, -0.1) is 0 Å². The van der Waals surface area contributed by atoms with Crippen molar-refractivity contribution >= 4 is 17.3 Å². The van der Waals surface area contributed by atoms with E-state index in [0.717, 1.165) is 22.5 Å². The molecular formula is C20H17N3O. The van der Waals surface area contributed by atoms with Crippen molar-refractivity contribution in [2.24, 2.45) is 0 Å². The van der Waals surface area contributed by atoms with E-state index in [1.165, 1.54) is 0 Å². The third kappa shape index (κ3) is 2.42. The fourth-order valence-corrected chi connectivity index (χ4v) is 3.07. The van der Waals surface area contributed by atoms with E-state index in [-0.39, 0.29) is 12.1 Å². The molecule has 4 nitrogen and oxygen atoms in total. The largest absolute Gasteiger partial charge is 0.360 e. The average molecular weight is 315 g/mol. The lowest BCUT2D eigenvalue weighted by atomic mass is 10.0. The fourth-order valence-electron chi connectivity index (χ4n) is 3.07. The molecule has 0 unspecified atom stereocenters. The summed E-state index contributed by atoms with van der Waals surface area (Å²) in [6.45, 7) is 2.03. The van der Waals surface area contributed by atoms with Crippen molar-refractivity contribution in [2.75, 3.05) is 10.2 Å². The van der Waals surface area contributed by atoms with E-state index in [1.807, 2.05) is 67.6 Å². The van der Waals surface area contributed by atoms with Crippen LogP contribution in [0.3, 0.4) is 0 Å². The van der Waals surface area contributed by atoms with Gasteiger partial charge >= 0.3 is 0 Å². The maximum absolute atomic E-state index is 13.2. The standard InChI is InChI=1S/C20H17N3O/c1-14-6-4-8-16(12-14)23-19(15-7-5-11-21-13-15)22-18-10-3-2-9-17(18)20(23)24/h2-13,19,22H,1H3/t19-/m0/s1. The van der Waals surface area contributed by atoms with E-state index in [1.54, 1.807) is 17.3 Å². The van der Waals surface area contributed by atoms with Crippen LogP contribution in [0.4, 0.5) is 11.4 Å². The third-order valence-corrected chi connectivity index (χ3v) is 4.21. The van der Waals surface area contributed by atoms with Crippen molar-refractivity contribution in [2.45, 2.75) is 13.1 Å². The molecule has 0 aliphatic carbocycles. The monoisotopic (exact) mass is 315 g/mol. The van der Waals surface area contributed by atoms with Crippen LogP contribution in [0.2, 0.25) is 0 Å². The molecule has 24 heavy (non-hydrogen) atoms. The van der Waals surface area contributed by atoms with E-state index in [2.05, 4.69) is 10.3 Å². The first-order chi connectivity index (χ1) is 11.7. The zero-order valence-electron chi connectivity index (χ0n) is 13.3. The second-order valence-electron chi connectivity index (χ2n) is 5.89. The third-order valence-electron chi connectivity index (χ3n) is 4.21. The molecule has 4 heteroatoms. The molecule has 1 N–H and O–H groups in total. The van der Waals surface area contributed by atoms with Crippen LogP contribution in [0, 0.1) is 6.92 Å². The maximum atomic E-state index is 13.2. The molecule has 0 saturated heterocycles. The first-order valence-electron chi connectivity index (χ1n) is 7.90. The van der Waals surface area contributed by atoms with Gasteiger partial charge in [0.05, 0.1) is 5.56 Å². The predicted octanol–water partition coefficient (Wildman–Crippen LogP) is 4.16. The number of nitrogens with one attached hydrogen (secondary N) is 1. The molecule has 0 bridgehead atoms. The number of nitrogens with zero attached hydrogens (tertiary/aromatic N) is 2. The van der Waals surface area contributed by atoms with Gasteiger partial charge in [-0.05, 0) is 42.8 Å². The minimum absolute atomic E-state index is 0.0104. The van der Waals surface area contributed by atoms with E-state index in [0.29, 0.717) is 5.56 Å².